The normalized spacial score (nSPS) is 12.1. The molecule has 0 radical (unpaired) electrons. The van der Waals surface area contributed by atoms with Gasteiger partial charge in [0.1, 0.15) is 0 Å². The van der Waals surface area contributed by atoms with Gasteiger partial charge in [-0.05, 0) is 29.2 Å². The minimum atomic E-state index is 0.189. The summed E-state index contributed by atoms with van der Waals surface area (Å²) in [6.45, 7) is 11.8. The Balaban J connectivity index is 2.12. The fourth-order valence-electron chi connectivity index (χ4n) is 2.02. The molecule has 0 spiro atoms. The first-order valence-electron chi connectivity index (χ1n) is 7.25. The van der Waals surface area contributed by atoms with Gasteiger partial charge in [0.25, 0.3) is 0 Å². The zero-order valence-corrected chi connectivity index (χ0v) is 13.1. The van der Waals surface area contributed by atoms with Crippen molar-refractivity contribution in [3.8, 4) is 5.69 Å². The average Bonchev–Trinajstić information content (AvgIpc) is 2.84. The molecule has 3 nitrogen and oxygen atoms in total. The summed E-state index contributed by atoms with van der Waals surface area (Å²) in [5.41, 5.74) is 3.71. The topological polar surface area (TPSA) is 29.9 Å². The molecule has 1 N–H and O–H groups in total. The van der Waals surface area contributed by atoms with Crippen molar-refractivity contribution in [1.29, 1.82) is 0 Å². The van der Waals surface area contributed by atoms with Crippen molar-refractivity contribution in [2.45, 2.75) is 52.6 Å². The van der Waals surface area contributed by atoms with E-state index in [1.165, 1.54) is 5.56 Å². The number of hydrogen-bond acceptors (Lipinski definition) is 2. The molecule has 1 aromatic carbocycles. The summed E-state index contributed by atoms with van der Waals surface area (Å²) in [5, 5.41) is 7.98. The monoisotopic (exact) mass is 271 g/mol. The van der Waals surface area contributed by atoms with Crippen LogP contribution in [0.15, 0.2) is 36.5 Å². The maximum absolute atomic E-state index is 4.60. The van der Waals surface area contributed by atoms with Crippen LogP contribution < -0.4 is 5.32 Å². The molecule has 2 rings (SSSR count). The predicted molar refractivity (Wildman–Crippen MR) is 84.2 cm³/mol. The Morgan fingerprint density at radius 2 is 1.75 bits per heavy atom. The highest BCUT2D eigenvalue weighted by atomic mass is 15.3. The number of nitrogens with one attached hydrogen (secondary N) is 1. The van der Waals surface area contributed by atoms with E-state index in [1.54, 1.807) is 0 Å². The van der Waals surface area contributed by atoms with Crippen molar-refractivity contribution in [2.24, 2.45) is 0 Å². The van der Waals surface area contributed by atoms with Crippen molar-refractivity contribution in [3.63, 3.8) is 0 Å². The Morgan fingerprint density at radius 3 is 2.30 bits per heavy atom. The molecule has 0 saturated heterocycles. The molecule has 108 valence electrons. The van der Waals surface area contributed by atoms with Crippen LogP contribution in [0.5, 0.6) is 0 Å². The van der Waals surface area contributed by atoms with E-state index in [0.29, 0.717) is 6.04 Å². The maximum atomic E-state index is 4.60. The van der Waals surface area contributed by atoms with E-state index in [-0.39, 0.29) is 5.41 Å². The van der Waals surface area contributed by atoms with Gasteiger partial charge in [-0.1, -0.05) is 46.8 Å². The Bertz CT molecular complexity index is 544. The van der Waals surface area contributed by atoms with Crippen LogP contribution in [-0.4, -0.2) is 15.8 Å². The molecular formula is C17H25N3. The van der Waals surface area contributed by atoms with E-state index in [9.17, 15) is 0 Å². The molecule has 0 aliphatic heterocycles. The van der Waals surface area contributed by atoms with Gasteiger partial charge in [-0.25, -0.2) is 4.68 Å². The summed E-state index contributed by atoms with van der Waals surface area (Å²) in [4.78, 5) is 0. The van der Waals surface area contributed by atoms with Crippen LogP contribution in [0.3, 0.4) is 0 Å². The van der Waals surface area contributed by atoms with E-state index in [1.807, 2.05) is 10.9 Å². The number of aromatic nitrogens is 2. The molecular weight excluding hydrogens is 246 g/mol. The summed E-state index contributed by atoms with van der Waals surface area (Å²) in [6.07, 6.45) is 2.02. The lowest BCUT2D eigenvalue weighted by molar-refractivity contribution is 0.578. The molecule has 2 aromatic rings. The summed E-state index contributed by atoms with van der Waals surface area (Å²) < 4.78 is 1.93. The van der Waals surface area contributed by atoms with Crippen molar-refractivity contribution in [2.75, 3.05) is 0 Å². The number of nitrogens with zero attached hydrogens (tertiary/aromatic N) is 2. The zero-order chi connectivity index (χ0) is 14.8. The van der Waals surface area contributed by atoms with Gasteiger partial charge in [0.2, 0.25) is 0 Å². The smallest absolute Gasteiger partial charge is 0.0766 e. The molecule has 0 amide bonds. The SMILES string of the molecule is CC(C)NCc1ccn(-c2ccc(C(C)(C)C)cc2)n1. The van der Waals surface area contributed by atoms with Crippen molar-refractivity contribution in [1.82, 2.24) is 15.1 Å². The van der Waals surface area contributed by atoms with Gasteiger partial charge in [0, 0.05) is 18.8 Å². The minimum absolute atomic E-state index is 0.189. The van der Waals surface area contributed by atoms with Crippen LogP contribution in [0, 0.1) is 0 Å². The lowest BCUT2D eigenvalue weighted by Gasteiger charge is -2.19. The second-order valence-electron chi connectivity index (χ2n) is 6.58. The van der Waals surface area contributed by atoms with Crippen LogP contribution in [0.2, 0.25) is 0 Å². The second kappa shape index (κ2) is 5.80. The third kappa shape index (κ3) is 3.70. The van der Waals surface area contributed by atoms with Crippen molar-refractivity contribution < 1.29 is 0 Å². The molecule has 20 heavy (non-hydrogen) atoms. The average molecular weight is 271 g/mol. The third-order valence-electron chi connectivity index (χ3n) is 3.33. The quantitative estimate of drug-likeness (QED) is 0.919. The van der Waals surface area contributed by atoms with Crippen molar-refractivity contribution >= 4 is 0 Å². The largest absolute Gasteiger partial charge is 0.309 e. The van der Waals surface area contributed by atoms with Gasteiger partial charge in [0.05, 0.1) is 11.4 Å². The summed E-state index contributed by atoms with van der Waals surface area (Å²) >= 11 is 0. The van der Waals surface area contributed by atoms with Gasteiger partial charge in [-0.3, -0.25) is 0 Å². The Morgan fingerprint density at radius 1 is 1.10 bits per heavy atom. The first kappa shape index (κ1) is 14.8. The maximum Gasteiger partial charge on any atom is 0.0766 e. The molecule has 0 fully saturated rings. The number of hydrogen-bond donors (Lipinski definition) is 1. The van der Waals surface area contributed by atoms with Gasteiger partial charge < -0.3 is 5.32 Å². The number of benzene rings is 1. The predicted octanol–water partition coefficient (Wildman–Crippen LogP) is 3.67. The standard InChI is InChI=1S/C17H25N3/c1-13(2)18-12-15-10-11-20(19-15)16-8-6-14(7-9-16)17(3,4)5/h6-11,13,18H,12H2,1-5H3. The first-order valence-corrected chi connectivity index (χ1v) is 7.25. The summed E-state index contributed by atoms with van der Waals surface area (Å²) in [7, 11) is 0. The molecule has 0 atom stereocenters. The van der Waals surface area contributed by atoms with E-state index in [0.717, 1.165) is 17.9 Å². The van der Waals surface area contributed by atoms with Gasteiger partial charge in [-0.2, -0.15) is 5.10 Å². The third-order valence-corrected chi connectivity index (χ3v) is 3.33. The highest BCUT2D eigenvalue weighted by molar-refractivity contribution is 5.36. The molecule has 0 unspecified atom stereocenters. The van der Waals surface area contributed by atoms with E-state index in [4.69, 9.17) is 0 Å². The molecule has 0 aliphatic rings. The molecule has 0 aliphatic carbocycles. The van der Waals surface area contributed by atoms with Crippen LogP contribution in [-0.2, 0) is 12.0 Å². The second-order valence-corrected chi connectivity index (χ2v) is 6.58. The Hall–Kier alpha value is -1.61. The lowest BCUT2D eigenvalue weighted by Crippen LogP contribution is -2.22. The summed E-state index contributed by atoms with van der Waals surface area (Å²) in [5.74, 6) is 0. The van der Waals surface area contributed by atoms with Crippen LogP contribution >= 0.6 is 0 Å². The molecule has 3 heteroatoms. The Kier molecular flexibility index (Phi) is 4.29. The highest BCUT2D eigenvalue weighted by Crippen LogP contribution is 2.23. The van der Waals surface area contributed by atoms with E-state index in [2.05, 4.69) is 75.4 Å². The highest BCUT2D eigenvalue weighted by Gasteiger charge is 2.13. The molecule has 0 saturated carbocycles. The lowest BCUT2D eigenvalue weighted by atomic mass is 9.87. The van der Waals surface area contributed by atoms with Gasteiger partial charge >= 0.3 is 0 Å². The van der Waals surface area contributed by atoms with Crippen LogP contribution in [0.25, 0.3) is 5.69 Å². The first-order chi connectivity index (χ1) is 9.36. The fourth-order valence-corrected chi connectivity index (χ4v) is 2.02. The molecule has 1 heterocycles. The van der Waals surface area contributed by atoms with Crippen molar-refractivity contribution in [3.05, 3.63) is 47.8 Å². The van der Waals surface area contributed by atoms with E-state index >= 15 is 0 Å². The molecule has 1 aromatic heterocycles. The van der Waals surface area contributed by atoms with Crippen LogP contribution in [0.1, 0.15) is 45.9 Å². The molecule has 0 bridgehead atoms. The zero-order valence-electron chi connectivity index (χ0n) is 13.1. The number of rotatable bonds is 4. The van der Waals surface area contributed by atoms with E-state index < -0.39 is 0 Å². The summed E-state index contributed by atoms with van der Waals surface area (Å²) in [6, 6.07) is 11.2. The van der Waals surface area contributed by atoms with Crippen LogP contribution in [0.4, 0.5) is 0 Å². The van der Waals surface area contributed by atoms with Gasteiger partial charge in [0.15, 0.2) is 0 Å². The van der Waals surface area contributed by atoms with Gasteiger partial charge in [-0.15, -0.1) is 0 Å². The Labute approximate surface area is 122 Å². The fraction of sp³-hybridized carbons (Fsp3) is 0.471. The minimum Gasteiger partial charge on any atom is -0.309 e.